The van der Waals surface area contributed by atoms with E-state index in [1.54, 1.807) is 22.3 Å². The molecule has 7 heteroatoms. The van der Waals surface area contributed by atoms with Gasteiger partial charge in [0.25, 0.3) is 0 Å². The van der Waals surface area contributed by atoms with Gasteiger partial charge in [-0.3, -0.25) is 4.57 Å². The Morgan fingerprint density at radius 2 is 1.71 bits per heavy atom. The van der Waals surface area contributed by atoms with Gasteiger partial charge >= 0.3 is 0 Å². The largest absolute Gasteiger partial charge is 0.289 e. The van der Waals surface area contributed by atoms with E-state index in [2.05, 4.69) is 96.3 Å². The van der Waals surface area contributed by atoms with Crippen molar-refractivity contribution in [2.24, 2.45) is 4.99 Å². The fourth-order valence-corrected chi connectivity index (χ4v) is 5.45. The van der Waals surface area contributed by atoms with E-state index in [1.165, 1.54) is 16.8 Å². The van der Waals surface area contributed by atoms with Crippen LogP contribution in [0.15, 0.2) is 95.6 Å². The minimum Gasteiger partial charge on any atom is -0.289 e. The molecule has 6 aromatic rings. The molecule has 0 N–H and O–H groups in total. The molecule has 0 saturated carbocycles. The first kappa shape index (κ1) is 24.0. The van der Waals surface area contributed by atoms with Crippen LogP contribution >= 0.6 is 11.3 Å². The first-order chi connectivity index (χ1) is 18.5. The van der Waals surface area contributed by atoms with Gasteiger partial charge in [-0.25, -0.2) is 19.6 Å². The summed E-state index contributed by atoms with van der Waals surface area (Å²) in [5, 5.41) is 7.85. The molecule has 0 atom stereocenters. The normalized spacial score (nSPS) is 12.1. The van der Waals surface area contributed by atoms with Crippen LogP contribution in [0.3, 0.4) is 0 Å². The molecular formula is C31H28N6S. The van der Waals surface area contributed by atoms with Crippen LogP contribution in [-0.2, 0) is 0 Å². The molecule has 0 aliphatic carbocycles. The molecule has 3 aromatic carbocycles. The van der Waals surface area contributed by atoms with Crippen LogP contribution in [0.1, 0.15) is 36.6 Å². The Labute approximate surface area is 225 Å². The molecule has 0 aliphatic rings. The van der Waals surface area contributed by atoms with Crippen LogP contribution in [0.5, 0.6) is 0 Å². The number of hydrogen-bond acceptors (Lipinski definition) is 5. The van der Waals surface area contributed by atoms with E-state index in [0.717, 1.165) is 32.6 Å². The molecule has 3 aromatic heterocycles. The van der Waals surface area contributed by atoms with Crippen LogP contribution in [0, 0.1) is 13.8 Å². The summed E-state index contributed by atoms with van der Waals surface area (Å²) in [6.07, 6.45) is 1.75. The highest BCUT2D eigenvalue weighted by Crippen LogP contribution is 2.26. The zero-order valence-electron chi connectivity index (χ0n) is 21.8. The van der Waals surface area contributed by atoms with Crippen molar-refractivity contribution in [2.45, 2.75) is 33.6 Å². The Morgan fingerprint density at radius 3 is 2.53 bits per heavy atom. The van der Waals surface area contributed by atoms with Crippen molar-refractivity contribution >= 4 is 28.1 Å². The van der Waals surface area contributed by atoms with Crippen molar-refractivity contribution in [1.82, 2.24) is 24.3 Å². The van der Waals surface area contributed by atoms with E-state index < -0.39 is 0 Å². The van der Waals surface area contributed by atoms with Gasteiger partial charge in [-0.15, -0.1) is 16.4 Å². The lowest BCUT2D eigenvalue weighted by molar-refractivity contribution is 0.832. The molecule has 6 nitrogen and oxygen atoms in total. The Balaban J connectivity index is 1.34. The summed E-state index contributed by atoms with van der Waals surface area (Å²) < 4.78 is 4.03. The van der Waals surface area contributed by atoms with Gasteiger partial charge in [-0.1, -0.05) is 49.7 Å². The number of fused-ring (bicyclic) bond motifs is 1. The maximum atomic E-state index is 4.95. The zero-order valence-corrected chi connectivity index (χ0v) is 22.6. The third kappa shape index (κ3) is 4.57. The fourth-order valence-electron chi connectivity index (χ4n) is 4.57. The number of aryl methyl sites for hydroxylation is 2. The summed E-state index contributed by atoms with van der Waals surface area (Å²) >= 11 is 1.63. The molecule has 0 saturated heterocycles. The maximum Gasteiger partial charge on any atom is 0.196 e. The van der Waals surface area contributed by atoms with Crippen molar-refractivity contribution in [3.05, 3.63) is 112 Å². The molecule has 0 aliphatic heterocycles. The van der Waals surface area contributed by atoms with Crippen molar-refractivity contribution in [1.29, 1.82) is 0 Å². The van der Waals surface area contributed by atoms with Gasteiger partial charge in [0, 0.05) is 22.0 Å². The van der Waals surface area contributed by atoms with Crippen LogP contribution in [0.2, 0.25) is 0 Å². The van der Waals surface area contributed by atoms with E-state index in [4.69, 9.17) is 9.98 Å². The highest BCUT2D eigenvalue weighted by molar-refractivity contribution is 7.07. The predicted molar refractivity (Wildman–Crippen MR) is 155 cm³/mol. The maximum absolute atomic E-state index is 4.95. The number of hydrogen-bond donors (Lipinski definition) is 0. The third-order valence-corrected chi connectivity index (χ3v) is 7.56. The second-order valence-electron chi connectivity index (χ2n) is 9.75. The van der Waals surface area contributed by atoms with E-state index in [0.29, 0.717) is 17.6 Å². The molecule has 188 valence electrons. The first-order valence-electron chi connectivity index (χ1n) is 12.7. The standard InChI is InChI=1S/C31H28N6S/c1-20(2)26-7-5-6-8-28(26)37-22(4)18-38-31(37)34-29-16-12-23-17-24(11-15-27(23)33-29)30-32-19-36(35-30)25-13-9-21(3)10-14-25/h5-20H,1-4H3. The van der Waals surface area contributed by atoms with Crippen molar-refractivity contribution in [3.63, 3.8) is 0 Å². The van der Waals surface area contributed by atoms with Crippen molar-refractivity contribution in [2.75, 3.05) is 0 Å². The Bertz CT molecular complexity index is 1820. The Hall–Kier alpha value is -4.36. The van der Waals surface area contributed by atoms with Crippen LogP contribution in [-0.4, -0.2) is 24.3 Å². The third-order valence-electron chi connectivity index (χ3n) is 6.61. The monoisotopic (exact) mass is 516 g/mol. The number of thiazole rings is 1. The molecule has 6 rings (SSSR count). The van der Waals surface area contributed by atoms with Gasteiger partial charge in [0.05, 0.1) is 16.9 Å². The number of nitrogens with zero attached hydrogens (tertiary/aromatic N) is 6. The van der Waals surface area contributed by atoms with E-state index in [9.17, 15) is 0 Å². The van der Waals surface area contributed by atoms with Gasteiger partial charge in [0.2, 0.25) is 0 Å². The Morgan fingerprint density at radius 1 is 0.895 bits per heavy atom. The van der Waals surface area contributed by atoms with E-state index in [-0.39, 0.29) is 0 Å². The van der Waals surface area contributed by atoms with E-state index >= 15 is 0 Å². The highest BCUT2D eigenvalue weighted by Gasteiger charge is 2.12. The number of aromatic nitrogens is 5. The molecule has 38 heavy (non-hydrogen) atoms. The van der Waals surface area contributed by atoms with Gasteiger partial charge in [0.15, 0.2) is 16.4 Å². The van der Waals surface area contributed by atoms with Crippen molar-refractivity contribution < 1.29 is 0 Å². The summed E-state index contributed by atoms with van der Waals surface area (Å²) in [6, 6.07) is 26.9. The number of para-hydroxylation sites is 1. The van der Waals surface area contributed by atoms with Gasteiger partial charge in [-0.05, 0) is 73.9 Å². The highest BCUT2D eigenvalue weighted by atomic mass is 32.1. The first-order valence-corrected chi connectivity index (χ1v) is 13.6. The zero-order chi connectivity index (χ0) is 26.2. The van der Waals surface area contributed by atoms with Crippen LogP contribution in [0.4, 0.5) is 5.82 Å². The second-order valence-corrected chi connectivity index (χ2v) is 10.6. The molecule has 0 unspecified atom stereocenters. The summed E-state index contributed by atoms with van der Waals surface area (Å²) in [5.41, 5.74) is 7.66. The fraction of sp³-hybridized carbons (Fsp3) is 0.161. The van der Waals surface area contributed by atoms with Gasteiger partial charge in [-0.2, -0.15) is 0 Å². The second kappa shape index (κ2) is 9.84. The molecule has 0 radical (unpaired) electrons. The predicted octanol–water partition coefficient (Wildman–Crippen LogP) is 7.31. The average molecular weight is 517 g/mol. The van der Waals surface area contributed by atoms with Gasteiger partial charge < -0.3 is 0 Å². The minimum atomic E-state index is 0.414. The summed E-state index contributed by atoms with van der Waals surface area (Å²) in [4.78, 5) is 15.2. The van der Waals surface area contributed by atoms with Gasteiger partial charge in [0.1, 0.15) is 6.33 Å². The molecule has 0 amide bonds. The van der Waals surface area contributed by atoms with Crippen molar-refractivity contribution in [3.8, 4) is 22.8 Å². The molecule has 0 fully saturated rings. The SMILES string of the molecule is Cc1ccc(-n2cnc(-c3ccc4nc(N=c5scc(C)n5-c5ccccc5C(C)C)ccc4c3)n2)cc1. The average Bonchev–Trinajstić information content (AvgIpc) is 3.56. The summed E-state index contributed by atoms with van der Waals surface area (Å²) in [5.74, 6) is 1.78. The topological polar surface area (TPSA) is 60.9 Å². The molecule has 3 heterocycles. The number of rotatable bonds is 5. The molecular weight excluding hydrogens is 488 g/mol. The molecule has 0 bridgehead atoms. The minimum absolute atomic E-state index is 0.414. The molecule has 0 spiro atoms. The van der Waals surface area contributed by atoms with Crippen LogP contribution < -0.4 is 4.80 Å². The lowest BCUT2D eigenvalue weighted by Crippen LogP contribution is -2.16. The Kier molecular flexibility index (Phi) is 6.21. The summed E-state index contributed by atoms with van der Waals surface area (Å²) in [6.45, 7) is 8.64. The quantitative estimate of drug-likeness (QED) is 0.241. The number of benzene rings is 3. The van der Waals surface area contributed by atoms with E-state index in [1.807, 2.05) is 30.3 Å². The lowest BCUT2D eigenvalue weighted by Gasteiger charge is -2.14. The van der Waals surface area contributed by atoms with Crippen LogP contribution in [0.25, 0.3) is 33.7 Å². The smallest absolute Gasteiger partial charge is 0.196 e. The number of pyridine rings is 1. The summed E-state index contributed by atoms with van der Waals surface area (Å²) in [7, 11) is 0. The lowest BCUT2D eigenvalue weighted by atomic mass is 10.0.